The summed E-state index contributed by atoms with van der Waals surface area (Å²) < 4.78 is 0. The van der Waals surface area contributed by atoms with Gasteiger partial charge in [0.25, 0.3) is 0 Å². The smallest absolute Gasteiger partial charge is 0.140 e. The van der Waals surface area contributed by atoms with Crippen molar-refractivity contribution in [2.75, 3.05) is 6.54 Å². The van der Waals surface area contributed by atoms with Gasteiger partial charge in [-0.25, -0.2) is 4.98 Å². The van der Waals surface area contributed by atoms with E-state index in [0.717, 1.165) is 25.8 Å². The third kappa shape index (κ3) is 4.04. The van der Waals surface area contributed by atoms with Gasteiger partial charge in [-0.2, -0.15) is 0 Å². The number of hydrogen-bond acceptors (Lipinski definition) is 1. The largest absolute Gasteiger partial charge is 0.254 e. The van der Waals surface area contributed by atoms with E-state index in [1.165, 1.54) is 5.56 Å². The highest BCUT2D eigenvalue weighted by Gasteiger charge is 1.94. The molecular weight excluding hydrogens is 184 g/mol. The Kier molecular flexibility index (Phi) is 4.47. The van der Waals surface area contributed by atoms with Crippen LogP contribution in [0.15, 0.2) is 18.3 Å². The molecule has 0 unspecified atom stereocenters. The number of rotatable bonds is 5. The van der Waals surface area contributed by atoms with E-state index in [0.29, 0.717) is 5.15 Å². The van der Waals surface area contributed by atoms with E-state index in [1.807, 2.05) is 18.3 Å². The zero-order valence-corrected chi connectivity index (χ0v) is 8.35. The first-order valence-electron chi connectivity index (χ1n) is 4.43. The highest BCUT2D eigenvalue weighted by molar-refractivity contribution is 6.29. The van der Waals surface area contributed by atoms with E-state index in [9.17, 15) is 0 Å². The number of nitrogens with one attached hydrogen (secondary N) is 1. The number of aryl methyl sites for hydroxylation is 1. The molecule has 1 aromatic rings. The molecule has 70 valence electrons. The molecule has 0 saturated carbocycles. The van der Waals surface area contributed by atoms with Crippen molar-refractivity contribution >= 4 is 18.3 Å². The van der Waals surface area contributed by atoms with Gasteiger partial charge in [-0.3, -0.25) is 4.99 Å². The number of aromatic nitrogens is 1. The molecule has 0 fully saturated rings. The molecule has 1 aromatic heterocycles. The molecule has 0 aliphatic heterocycles. The Labute approximate surface area is 83.7 Å². The van der Waals surface area contributed by atoms with Crippen LogP contribution in [-0.2, 0) is 6.42 Å². The van der Waals surface area contributed by atoms with Crippen molar-refractivity contribution in [2.45, 2.75) is 19.3 Å². The summed E-state index contributed by atoms with van der Waals surface area (Å²) in [7, 11) is 0. The molecule has 0 bridgehead atoms. The lowest BCUT2D eigenvalue weighted by Crippen LogP contribution is -2.65. The Morgan fingerprint density at radius 3 is 2.85 bits per heavy atom. The standard InChI is InChI=1S/C10H13ClN2/c1-12-7-3-2-4-9-5-6-10(11)13-8-9/h5-6,8H,1-4,7H2/p+1. The number of nitrogens with zero attached hydrogens (tertiary/aromatic N) is 1. The fourth-order valence-corrected chi connectivity index (χ4v) is 1.25. The summed E-state index contributed by atoms with van der Waals surface area (Å²) in [5.41, 5.74) is 1.24. The molecular formula is C10H14ClN2+. The SMILES string of the molecule is C=[NH+]CCCCc1ccc(Cl)nc1. The molecule has 1 rings (SSSR count). The molecule has 2 nitrogen and oxygen atoms in total. The van der Waals surface area contributed by atoms with Gasteiger partial charge in [-0.05, 0) is 24.5 Å². The van der Waals surface area contributed by atoms with Crippen LogP contribution in [-0.4, -0.2) is 18.2 Å². The molecule has 1 N–H and O–H groups in total. The average Bonchev–Trinajstić information content (AvgIpc) is 2.15. The Morgan fingerprint density at radius 1 is 1.38 bits per heavy atom. The lowest BCUT2D eigenvalue weighted by Gasteiger charge is -1.98. The van der Waals surface area contributed by atoms with Crippen LogP contribution in [0, 0.1) is 0 Å². The molecule has 0 aliphatic carbocycles. The van der Waals surface area contributed by atoms with E-state index >= 15 is 0 Å². The molecule has 13 heavy (non-hydrogen) atoms. The van der Waals surface area contributed by atoms with Crippen LogP contribution < -0.4 is 4.99 Å². The van der Waals surface area contributed by atoms with Gasteiger partial charge in [0.1, 0.15) is 18.4 Å². The van der Waals surface area contributed by atoms with Gasteiger partial charge in [0, 0.05) is 12.6 Å². The summed E-state index contributed by atoms with van der Waals surface area (Å²) in [5, 5.41) is 0.558. The first-order chi connectivity index (χ1) is 6.33. The van der Waals surface area contributed by atoms with Crippen LogP contribution in [0.25, 0.3) is 0 Å². The normalized spacial score (nSPS) is 9.92. The topological polar surface area (TPSA) is 26.9 Å². The molecule has 0 amide bonds. The summed E-state index contributed by atoms with van der Waals surface area (Å²) >= 11 is 5.67. The molecule has 0 saturated heterocycles. The molecule has 0 aliphatic rings. The second-order valence-corrected chi connectivity index (χ2v) is 3.33. The van der Waals surface area contributed by atoms with Gasteiger partial charge >= 0.3 is 0 Å². The van der Waals surface area contributed by atoms with Crippen LogP contribution in [0.4, 0.5) is 0 Å². The van der Waals surface area contributed by atoms with Crippen LogP contribution in [0.5, 0.6) is 0 Å². The van der Waals surface area contributed by atoms with Gasteiger partial charge in [0.05, 0.1) is 0 Å². The number of hydrogen-bond donors (Lipinski definition) is 1. The summed E-state index contributed by atoms with van der Waals surface area (Å²) in [6, 6.07) is 3.85. The average molecular weight is 198 g/mol. The summed E-state index contributed by atoms with van der Waals surface area (Å²) in [4.78, 5) is 6.89. The van der Waals surface area contributed by atoms with E-state index < -0.39 is 0 Å². The summed E-state index contributed by atoms with van der Waals surface area (Å²) in [5.74, 6) is 0. The van der Waals surface area contributed by atoms with Gasteiger partial charge in [0.15, 0.2) is 0 Å². The first-order valence-corrected chi connectivity index (χ1v) is 4.81. The fraction of sp³-hybridized carbons (Fsp3) is 0.400. The van der Waals surface area contributed by atoms with Crippen molar-refractivity contribution < 1.29 is 4.99 Å². The third-order valence-electron chi connectivity index (χ3n) is 1.86. The van der Waals surface area contributed by atoms with E-state index in [-0.39, 0.29) is 0 Å². The van der Waals surface area contributed by atoms with Crippen LogP contribution >= 0.6 is 11.6 Å². The van der Waals surface area contributed by atoms with Crippen molar-refractivity contribution in [1.82, 2.24) is 4.98 Å². The Balaban J connectivity index is 2.28. The third-order valence-corrected chi connectivity index (χ3v) is 2.08. The summed E-state index contributed by atoms with van der Waals surface area (Å²) in [6.45, 7) is 4.54. The zero-order valence-electron chi connectivity index (χ0n) is 7.59. The first kappa shape index (κ1) is 10.2. The molecule has 0 spiro atoms. The van der Waals surface area contributed by atoms with Crippen molar-refractivity contribution in [3.8, 4) is 0 Å². The molecule has 3 heteroatoms. The van der Waals surface area contributed by atoms with Crippen molar-refractivity contribution in [2.24, 2.45) is 0 Å². The molecule has 1 heterocycles. The highest BCUT2D eigenvalue weighted by atomic mass is 35.5. The highest BCUT2D eigenvalue weighted by Crippen LogP contribution is 2.07. The van der Waals surface area contributed by atoms with Gasteiger partial charge in [-0.15, -0.1) is 0 Å². The van der Waals surface area contributed by atoms with Crippen LogP contribution in [0.1, 0.15) is 18.4 Å². The van der Waals surface area contributed by atoms with Crippen LogP contribution in [0.3, 0.4) is 0 Å². The fourth-order valence-electron chi connectivity index (χ4n) is 1.13. The Morgan fingerprint density at radius 2 is 2.23 bits per heavy atom. The van der Waals surface area contributed by atoms with Crippen LogP contribution in [0.2, 0.25) is 5.15 Å². The Hall–Kier alpha value is -0.890. The van der Waals surface area contributed by atoms with Crippen molar-refractivity contribution in [3.63, 3.8) is 0 Å². The molecule has 0 aromatic carbocycles. The van der Waals surface area contributed by atoms with Gasteiger partial charge in [-0.1, -0.05) is 17.7 Å². The maximum Gasteiger partial charge on any atom is 0.140 e. The van der Waals surface area contributed by atoms with Crippen molar-refractivity contribution in [1.29, 1.82) is 0 Å². The molecule has 0 atom stereocenters. The maximum atomic E-state index is 5.67. The van der Waals surface area contributed by atoms with E-state index in [1.54, 1.807) is 0 Å². The van der Waals surface area contributed by atoms with Gasteiger partial charge in [0.2, 0.25) is 0 Å². The van der Waals surface area contributed by atoms with Gasteiger partial charge < -0.3 is 0 Å². The lowest BCUT2D eigenvalue weighted by molar-refractivity contribution is -0.447. The summed E-state index contributed by atoms with van der Waals surface area (Å²) in [6.07, 6.45) is 5.20. The predicted octanol–water partition coefficient (Wildman–Crippen LogP) is 0.839. The lowest BCUT2D eigenvalue weighted by atomic mass is 10.1. The number of pyridine rings is 1. The second kappa shape index (κ2) is 5.70. The Bertz CT molecular complexity index is 256. The minimum Gasteiger partial charge on any atom is -0.254 e. The predicted molar refractivity (Wildman–Crippen MR) is 55.1 cm³/mol. The van der Waals surface area contributed by atoms with E-state index in [4.69, 9.17) is 11.6 Å². The minimum absolute atomic E-state index is 0.558. The monoisotopic (exact) mass is 197 g/mol. The second-order valence-electron chi connectivity index (χ2n) is 2.95. The van der Waals surface area contributed by atoms with E-state index in [2.05, 4.69) is 16.7 Å². The van der Waals surface area contributed by atoms with Crippen molar-refractivity contribution in [3.05, 3.63) is 29.0 Å². The molecule has 0 radical (unpaired) electrons. The zero-order chi connectivity index (χ0) is 9.52. The maximum absolute atomic E-state index is 5.67. The quantitative estimate of drug-likeness (QED) is 0.423. The number of unbranched alkanes of at least 4 members (excludes halogenated alkanes) is 1. The minimum atomic E-state index is 0.558. The number of halogens is 1.